The average molecular weight is 290 g/mol. The highest BCUT2D eigenvalue weighted by atomic mass is 35.5. The largest absolute Gasteiger partial charge is 0.349 e. The fraction of sp³-hybridized carbons (Fsp3) is 0.846. The van der Waals surface area contributed by atoms with E-state index in [1.165, 1.54) is 0 Å². The molecule has 0 spiro atoms. The number of nitrogens with one attached hydrogen (secondary N) is 1. The SMILES string of the molecule is CCN1CC(C(=O)NC2(CN)CCCC2)CC1=O.Cl. The summed E-state index contributed by atoms with van der Waals surface area (Å²) in [6.07, 6.45) is 4.53. The molecule has 2 rings (SSSR count). The molecule has 1 unspecified atom stereocenters. The zero-order valence-corrected chi connectivity index (χ0v) is 12.3. The van der Waals surface area contributed by atoms with Gasteiger partial charge in [0.1, 0.15) is 0 Å². The molecule has 0 aromatic carbocycles. The lowest BCUT2D eigenvalue weighted by Gasteiger charge is -2.30. The predicted octanol–water partition coefficient (Wildman–Crippen LogP) is 0.664. The van der Waals surface area contributed by atoms with Gasteiger partial charge >= 0.3 is 0 Å². The van der Waals surface area contributed by atoms with E-state index in [0.29, 0.717) is 26.1 Å². The molecule has 2 aliphatic rings. The van der Waals surface area contributed by atoms with Crippen molar-refractivity contribution in [3.8, 4) is 0 Å². The lowest BCUT2D eigenvalue weighted by Crippen LogP contribution is -2.53. The Hall–Kier alpha value is -0.810. The van der Waals surface area contributed by atoms with Crippen LogP contribution in [0.5, 0.6) is 0 Å². The van der Waals surface area contributed by atoms with Crippen molar-refractivity contribution in [3.63, 3.8) is 0 Å². The summed E-state index contributed by atoms with van der Waals surface area (Å²) in [5.74, 6) is -0.0982. The van der Waals surface area contributed by atoms with Gasteiger partial charge < -0.3 is 16.0 Å². The highest BCUT2D eigenvalue weighted by Crippen LogP contribution is 2.29. The summed E-state index contributed by atoms with van der Waals surface area (Å²) < 4.78 is 0. The van der Waals surface area contributed by atoms with E-state index in [2.05, 4.69) is 5.32 Å². The molecular formula is C13H24ClN3O2. The second kappa shape index (κ2) is 6.57. The van der Waals surface area contributed by atoms with E-state index in [0.717, 1.165) is 25.7 Å². The van der Waals surface area contributed by atoms with Gasteiger partial charge in [0.05, 0.1) is 11.5 Å². The number of carbonyl (C=O) groups is 2. The van der Waals surface area contributed by atoms with Crippen molar-refractivity contribution < 1.29 is 9.59 Å². The van der Waals surface area contributed by atoms with Crippen molar-refractivity contribution >= 4 is 24.2 Å². The van der Waals surface area contributed by atoms with E-state index < -0.39 is 0 Å². The minimum atomic E-state index is -0.209. The number of nitrogens with two attached hydrogens (primary N) is 1. The molecule has 3 N–H and O–H groups in total. The van der Waals surface area contributed by atoms with Crippen molar-refractivity contribution in [1.29, 1.82) is 0 Å². The van der Waals surface area contributed by atoms with Gasteiger partial charge in [-0.2, -0.15) is 0 Å². The van der Waals surface area contributed by atoms with Gasteiger partial charge in [-0.25, -0.2) is 0 Å². The predicted molar refractivity (Wildman–Crippen MR) is 76.0 cm³/mol. The van der Waals surface area contributed by atoms with E-state index in [1.54, 1.807) is 4.90 Å². The average Bonchev–Trinajstić information content (AvgIpc) is 2.96. The van der Waals surface area contributed by atoms with Crippen LogP contribution < -0.4 is 11.1 Å². The first-order valence-electron chi connectivity index (χ1n) is 6.90. The van der Waals surface area contributed by atoms with Crippen molar-refractivity contribution in [1.82, 2.24) is 10.2 Å². The topological polar surface area (TPSA) is 75.4 Å². The number of halogens is 1. The Bertz CT molecular complexity index is 343. The number of rotatable bonds is 4. The van der Waals surface area contributed by atoms with E-state index in [9.17, 15) is 9.59 Å². The first-order chi connectivity index (χ1) is 8.60. The molecule has 0 aromatic rings. The molecule has 1 aliphatic heterocycles. The van der Waals surface area contributed by atoms with Crippen molar-refractivity contribution in [2.75, 3.05) is 19.6 Å². The van der Waals surface area contributed by atoms with Gasteiger partial charge in [-0.3, -0.25) is 9.59 Å². The van der Waals surface area contributed by atoms with Gasteiger partial charge in [0.25, 0.3) is 0 Å². The van der Waals surface area contributed by atoms with E-state index in [-0.39, 0.29) is 35.7 Å². The monoisotopic (exact) mass is 289 g/mol. The normalized spacial score (nSPS) is 25.3. The fourth-order valence-electron chi connectivity index (χ4n) is 3.05. The molecule has 5 nitrogen and oxygen atoms in total. The molecule has 1 aliphatic carbocycles. The first kappa shape index (κ1) is 16.2. The van der Waals surface area contributed by atoms with Crippen LogP contribution in [-0.4, -0.2) is 41.9 Å². The Labute approximate surface area is 120 Å². The summed E-state index contributed by atoms with van der Waals surface area (Å²) >= 11 is 0. The quantitative estimate of drug-likeness (QED) is 0.798. The fourth-order valence-corrected chi connectivity index (χ4v) is 3.05. The third-order valence-corrected chi connectivity index (χ3v) is 4.31. The van der Waals surface area contributed by atoms with Crippen molar-refractivity contribution in [2.24, 2.45) is 11.7 Å². The van der Waals surface area contributed by atoms with Gasteiger partial charge in [0.2, 0.25) is 11.8 Å². The van der Waals surface area contributed by atoms with Crippen LogP contribution in [0, 0.1) is 5.92 Å². The molecule has 110 valence electrons. The molecule has 0 aromatic heterocycles. The summed E-state index contributed by atoms with van der Waals surface area (Å²) in [6, 6.07) is 0. The van der Waals surface area contributed by atoms with Gasteiger partial charge in [-0.15, -0.1) is 12.4 Å². The Morgan fingerprint density at radius 3 is 2.58 bits per heavy atom. The second-order valence-corrected chi connectivity index (χ2v) is 5.51. The second-order valence-electron chi connectivity index (χ2n) is 5.51. The van der Waals surface area contributed by atoms with E-state index in [1.807, 2.05) is 6.92 Å². The molecule has 2 amide bonds. The Morgan fingerprint density at radius 1 is 1.47 bits per heavy atom. The van der Waals surface area contributed by atoms with Crippen LogP contribution in [0.4, 0.5) is 0 Å². The van der Waals surface area contributed by atoms with Crippen molar-refractivity contribution in [3.05, 3.63) is 0 Å². The van der Waals surface area contributed by atoms with E-state index >= 15 is 0 Å². The maximum atomic E-state index is 12.2. The maximum absolute atomic E-state index is 12.2. The van der Waals surface area contributed by atoms with Crippen LogP contribution in [-0.2, 0) is 9.59 Å². The number of hydrogen-bond donors (Lipinski definition) is 2. The zero-order valence-electron chi connectivity index (χ0n) is 11.5. The van der Waals surface area contributed by atoms with Crippen LogP contribution in [0.25, 0.3) is 0 Å². The van der Waals surface area contributed by atoms with Gasteiger partial charge in [0, 0.05) is 26.1 Å². The van der Waals surface area contributed by atoms with E-state index in [4.69, 9.17) is 5.73 Å². The Morgan fingerprint density at radius 2 is 2.11 bits per heavy atom. The number of hydrogen-bond acceptors (Lipinski definition) is 3. The highest BCUT2D eigenvalue weighted by Gasteiger charge is 2.39. The Kier molecular flexibility index (Phi) is 5.62. The smallest absolute Gasteiger partial charge is 0.225 e. The maximum Gasteiger partial charge on any atom is 0.225 e. The highest BCUT2D eigenvalue weighted by molar-refractivity contribution is 5.89. The minimum absolute atomic E-state index is 0. The van der Waals surface area contributed by atoms with Gasteiger partial charge in [-0.05, 0) is 19.8 Å². The molecule has 1 saturated heterocycles. The number of carbonyl (C=O) groups excluding carboxylic acids is 2. The third kappa shape index (κ3) is 3.39. The molecule has 0 radical (unpaired) electrons. The van der Waals surface area contributed by atoms with Crippen LogP contribution in [0.1, 0.15) is 39.0 Å². The lowest BCUT2D eigenvalue weighted by molar-refractivity contribution is -0.129. The number of likely N-dealkylation sites (tertiary alicyclic amines) is 1. The standard InChI is InChI=1S/C13H23N3O2.ClH/c1-2-16-8-10(7-11(16)17)12(18)15-13(9-14)5-3-4-6-13;/h10H,2-9,14H2,1H3,(H,15,18);1H. The van der Waals surface area contributed by atoms with Gasteiger partial charge in [0.15, 0.2) is 0 Å². The summed E-state index contributed by atoms with van der Waals surface area (Å²) in [5, 5.41) is 3.11. The Balaban J connectivity index is 0.00000180. The zero-order chi connectivity index (χ0) is 13.2. The first-order valence-corrected chi connectivity index (χ1v) is 6.90. The number of nitrogens with zero attached hydrogens (tertiary/aromatic N) is 1. The van der Waals surface area contributed by atoms with Crippen LogP contribution in [0.3, 0.4) is 0 Å². The molecule has 1 atom stereocenters. The molecule has 1 saturated carbocycles. The number of amides is 2. The summed E-state index contributed by atoms with van der Waals surface area (Å²) in [6.45, 7) is 3.68. The minimum Gasteiger partial charge on any atom is -0.349 e. The third-order valence-electron chi connectivity index (χ3n) is 4.31. The molecule has 1 heterocycles. The summed E-state index contributed by atoms with van der Waals surface area (Å²) in [5.41, 5.74) is 5.60. The van der Waals surface area contributed by atoms with Crippen LogP contribution >= 0.6 is 12.4 Å². The van der Waals surface area contributed by atoms with Crippen LogP contribution in [0.2, 0.25) is 0 Å². The lowest BCUT2D eigenvalue weighted by atomic mass is 9.96. The van der Waals surface area contributed by atoms with Crippen molar-refractivity contribution in [2.45, 2.75) is 44.6 Å². The summed E-state index contributed by atoms with van der Waals surface area (Å²) in [7, 11) is 0. The molecule has 2 fully saturated rings. The molecule has 0 bridgehead atoms. The molecular weight excluding hydrogens is 266 g/mol. The van der Waals surface area contributed by atoms with Crippen LogP contribution in [0.15, 0.2) is 0 Å². The van der Waals surface area contributed by atoms with Gasteiger partial charge in [-0.1, -0.05) is 12.8 Å². The summed E-state index contributed by atoms with van der Waals surface area (Å²) in [4.78, 5) is 25.6. The molecule has 19 heavy (non-hydrogen) atoms. The molecule has 6 heteroatoms.